The highest BCUT2D eigenvalue weighted by atomic mass is 19.3. The fourth-order valence-electron chi connectivity index (χ4n) is 2.75. The van der Waals surface area contributed by atoms with Gasteiger partial charge in [0, 0.05) is 19.9 Å². The van der Waals surface area contributed by atoms with Gasteiger partial charge in [-0.25, -0.2) is 18.3 Å². The quantitative estimate of drug-likeness (QED) is 0.737. The van der Waals surface area contributed by atoms with Crippen molar-refractivity contribution in [3.05, 3.63) is 18.3 Å². The standard InChI is InChI=1S/C15H13F2N7O3/c1-24-11(21-13(26)27)10(22-23-24)9-3-2-8(4-19-9)20-12(25)14(7-18)5-15(16,17)6-14/h2-4,21H,5-6H2,1H3,(H,20,25)(H,26,27). The lowest BCUT2D eigenvalue weighted by atomic mass is 9.66. The van der Waals surface area contributed by atoms with Crippen LogP contribution in [0.2, 0.25) is 0 Å². The Balaban J connectivity index is 1.76. The second-order valence-corrected chi connectivity index (χ2v) is 6.13. The molecule has 2 aromatic rings. The first-order valence-electron chi connectivity index (χ1n) is 7.62. The molecule has 0 aromatic carbocycles. The fourth-order valence-corrected chi connectivity index (χ4v) is 2.75. The number of anilines is 2. The van der Waals surface area contributed by atoms with Gasteiger partial charge in [0.15, 0.2) is 11.5 Å². The van der Waals surface area contributed by atoms with Crippen molar-refractivity contribution in [2.75, 3.05) is 10.6 Å². The van der Waals surface area contributed by atoms with Crippen molar-refractivity contribution in [3.63, 3.8) is 0 Å². The predicted octanol–water partition coefficient (Wildman–Crippen LogP) is 1.84. The Morgan fingerprint density at radius 2 is 2.04 bits per heavy atom. The smallest absolute Gasteiger partial charge is 0.410 e. The van der Waals surface area contributed by atoms with Crippen LogP contribution >= 0.6 is 0 Å². The Bertz CT molecular complexity index is 941. The Morgan fingerprint density at radius 3 is 2.56 bits per heavy atom. The van der Waals surface area contributed by atoms with E-state index in [4.69, 9.17) is 10.4 Å². The molecule has 1 aliphatic carbocycles. The average Bonchev–Trinajstić information content (AvgIpc) is 2.93. The highest BCUT2D eigenvalue weighted by Crippen LogP contribution is 2.52. The van der Waals surface area contributed by atoms with Crippen LogP contribution in [-0.2, 0) is 11.8 Å². The van der Waals surface area contributed by atoms with Crippen molar-refractivity contribution in [2.45, 2.75) is 18.8 Å². The van der Waals surface area contributed by atoms with Gasteiger partial charge in [-0.2, -0.15) is 5.26 Å². The molecule has 2 amide bonds. The van der Waals surface area contributed by atoms with E-state index in [1.165, 1.54) is 30.1 Å². The summed E-state index contributed by atoms with van der Waals surface area (Å²) in [5, 5.41) is 30.0. The summed E-state index contributed by atoms with van der Waals surface area (Å²) in [5.41, 5.74) is -1.11. The van der Waals surface area contributed by atoms with E-state index in [-0.39, 0.29) is 22.9 Å². The molecule has 0 unspecified atom stereocenters. The van der Waals surface area contributed by atoms with Gasteiger partial charge in [0.1, 0.15) is 5.41 Å². The van der Waals surface area contributed by atoms with E-state index in [9.17, 15) is 18.4 Å². The van der Waals surface area contributed by atoms with Crippen LogP contribution in [0.15, 0.2) is 18.3 Å². The molecule has 0 bridgehead atoms. The summed E-state index contributed by atoms with van der Waals surface area (Å²) in [7, 11) is 1.49. The number of aromatic nitrogens is 4. The van der Waals surface area contributed by atoms with E-state index in [1.807, 2.05) is 0 Å². The van der Waals surface area contributed by atoms with Crippen molar-refractivity contribution in [1.82, 2.24) is 20.0 Å². The molecule has 27 heavy (non-hydrogen) atoms. The molecule has 0 radical (unpaired) electrons. The largest absolute Gasteiger partial charge is 0.465 e. The number of pyridine rings is 1. The third-order valence-electron chi connectivity index (χ3n) is 4.09. The number of carbonyl (C=O) groups excluding carboxylic acids is 1. The van der Waals surface area contributed by atoms with E-state index in [0.29, 0.717) is 0 Å². The highest BCUT2D eigenvalue weighted by molar-refractivity contribution is 5.98. The molecule has 1 fully saturated rings. The number of amides is 2. The normalized spacial score (nSPS) is 16.7. The van der Waals surface area contributed by atoms with E-state index in [2.05, 4.69) is 25.9 Å². The van der Waals surface area contributed by atoms with Gasteiger partial charge in [-0.05, 0) is 12.1 Å². The number of carbonyl (C=O) groups is 2. The zero-order valence-corrected chi connectivity index (χ0v) is 13.9. The summed E-state index contributed by atoms with van der Waals surface area (Å²) < 4.78 is 27.4. The summed E-state index contributed by atoms with van der Waals surface area (Å²) in [6.07, 6.45) is -1.70. The molecule has 12 heteroatoms. The highest BCUT2D eigenvalue weighted by Gasteiger charge is 2.61. The maximum atomic E-state index is 13.1. The molecule has 1 saturated carbocycles. The van der Waals surface area contributed by atoms with Crippen molar-refractivity contribution in [3.8, 4) is 17.5 Å². The maximum absolute atomic E-state index is 13.1. The first kappa shape index (κ1) is 18.2. The number of hydrogen-bond acceptors (Lipinski definition) is 6. The minimum atomic E-state index is -3.02. The number of hydrogen-bond donors (Lipinski definition) is 3. The molecule has 10 nitrogen and oxygen atoms in total. The Labute approximate surface area is 150 Å². The lowest BCUT2D eigenvalue weighted by Crippen LogP contribution is -2.52. The Kier molecular flexibility index (Phi) is 4.22. The summed E-state index contributed by atoms with van der Waals surface area (Å²) >= 11 is 0. The van der Waals surface area contributed by atoms with Crippen LogP contribution in [0.3, 0.4) is 0 Å². The number of nitrogens with zero attached hydrogens (tertiary/aromatic N) is 5. The van der Waals surface area contributed by atoms with E-state index in [0.717, 1.165) is 0 Å². The zero-order chi connectivity index (χ0) is 19.8. The molecular weight excluding hydrogens is 364 g/mol. The van der Waals surface area contributed by atoms with Gasteiger partial charge in [0.2, 0.25) is 5.91 Å². The van der Waals surface area contributed by atoms with Crippen molar-refractivity contribution >= 4 is 23.5 Å². The minimum Gasteiger partial charge on any atom is -0.465 e. The zero-order valence-electron chi connectivity index (χ0n) is 13.9. The monoisotopic (exact) mass is 377 g/mol. The molecule has 2 heterocycles. The SMILES string of the molecule is Cn1nnc(-c2ccc(NC(=O)C3(C#N)CC(F)(F)C3)cn2)c1NC(=O)O. The summed E-state index contributed by atoms with van der Waals surface area (Å²) in [6.45, 7) is 0. The van der Waals surface area contributed by atoms with Crippen LogP contribution in [0.25, 0.3) is 11.4 Å². The second-order valence-electron chi connectivity index (χ2n) is 6.13. The number of aryl methyl sites for hydroxylation is 1. The van der Waals surface area contributed by atoms with Crippen LogP contribution < -0.4 is 10.6 Å². The van der Waals surface area contributed by atoms with Crippen LogP contribution in [0.1, 0.15) is 12.8 Å². The van der Waals surface area contributed by atoms with Crippen molar-refractivity contribution in [1.29, 1.82) is 5.26 Å². The molecule has 3 N–H and O–H groups in total. The summed E-state index contributed by atoms with van der Waals surface area (Å²) in [5.74, 6) is -3.74. The number of nitriles is 1. The maximum Gasteiger partial charge on any atom is 0.410 e. The van der Waals surface area contributed by atoms with E-state index in [1.54, 1.807) is 6.07 Å². The lowest BCUT2D eigenvalue weighted by molar-refractivity contribution is -0.160. The third-order valence-corrected chi connectivity index (χ3v) is 4.09. The van der Waals surface area contributed by atoms with Crippen molar-refractivity contribution in [2.24, 2.45) is 12.5 Å². The summed E-state index contributed by atoms with van der Waals surface area (Å²) in [6, 6.07) is 4.54. The van der Waals surface area contributed by atoms with Crippen LogP contribution in [0.4, 0.5) is 25.1 Å². The minimum absolute atomic E-state index is 0.104. The first-order chi connectivity index (χ1) is 12.7. The first-order valence-corrected chi connectivity index (χ1v) is 7.62. The van der Waals surface area contributed by atoms with Gasteiger partial charge in [-0.3, -0.25) is 15.1 Å². The van der Waals surface area contributed by atoms with Crippen LogP contribution in [0, 0.1) is 16.7 Å². The molecule has 2 aromatic heterocycles. The average molecular weight is 377 g/mol. The molecule has 0 aliphatic heterocycles. The van der Waals surface area contributed by atoms with Crippen LogP contribution in [-0.4, -0.2) is 43.0 Å². The number of halogens is 2. The van der Waals surface area contributed by atoms with Crippen molar-refractivity contribution < 1.29 is 23.5 Å². The van der Waals surface area contributed by atoms with Crippen LogP contribution in [0.5, 0.6) is 0 Å². The lowest BCUT2D eigenvalue weighted by Gasteiger charge is -2.40. The molecule has 0 saturated heterocycles. The van der Waals surface area contributed by atoms with Gasteiger partial charge in [0.05, 0.1) is 23.6 Å². The topological polar surface area (TPSA) is 146 Å². The fraction of sp³-hybridized carbons (Fsp3) is 0.333. The van der Waals surface area contributed by atoms with Gasteiger partial charge < -0.3 is 10.4 Å². The van der Waals surface area contributed by atoms with Gasteiger partial charge >= 0.3 is 6.09 Å². The molecule has 1 aliphatic rings. The molecular formula is C15H13F2N7O3. The molecule has 0 spiro atoms. The Hall–Kier alpha value is -3.62. The number of rotatable bonds is 4. The Morgan fingerprint density at radius 1 is 1.33 bits per heavy atom. The number of nitrogens with one attached hydrogen (secondary N) is 2. The number of carboxylic acid groups (broad SMARTS) is 1. The predicted molar refractivity (Wildman–Crippen MR) is 86.7 cm³/mol. The van der Waals surface area contributed by atoms with Gasteiger partial charge in [-0.15, -0.1) is 5.10 Å². The van der Waals surface area contributed by atoms with E-state index < -0.39 is 36.2 Å². The summed E-state index contributed by atoms with van der Waals surface area (Å²) in [4.78, 5) is 27.1. The molecule has 0 atom stereocenters. The third kappa shape index (κ3) is 3.39. The van der Waals surface area contributed by atoms with E-state index >= 15 is 0 Å². The molecule has 3 rings (SSSR count). The van der Waals surface area contributed by atoms with Gasteiger partial charge in [-0.1, -0.05) is 5.21 Å². The number of alkyl halides is 2. The molecule has 140 valence electrons. The second kappa shape index (κ2) is 6.27. The van der Waals surface area contributed by atoms with Gasteiger partial charge in [0.25, 0.3) is 5.92 Å².